The van der Waals surface area contributed by atoms with E-state index in [9.17, 15) is 22.8 Å². The zero-order valence-corrected chi connectivity index (χ0v) is 20.6. The van der Waals surface area contributed by atoms with E-state index in [4.69, 9.17) is 4.74 Å². The molecule has 37 heavy (non-hydrogen) atoms. The molecule has 0 unspecified atom stereocenters. The number of benzene rings is 2. The van der Waals surface area contributed by atoms with Gasteiger partial charge in [-0.3, -0.25) is 9.59 Å². The molecule has 0 radical (unpaired) electrons. The molecule has 1 aliphatic heterocycles. The Balaban J connectivity index is 1.49. The predicted molar refractivity (Wildman–Crippen MR) is 131 cm³/mol. The van der Waals surface area contributed by atoms with E-state index >= 15 is 0 Å². The van der Waals surface area contributed by atoms with Crippen molar-refractivity contribution in [1.29, 1.82) is 0 Å². The van der Waals surface area contributed by atoms with Crippen LogP contribution in [0.2, 0.25) is 0 Å². The minimum Gasteiger partial charge on any atom is -0.497 e. The SMILES string of the molecule is CNC(=O)CC1(c2ccc(N3CCc4c(C(F)(F)F)nn(-c5ccc(OC)cc5)c4C3=O)cc2)CCC1. The van der Waals surface area contributed by atoms with Crippen molar-refractivity contribution in [3.8, 4) is 11.4 Å². The zero-order chi connectivity index (χ0) is 26.4. The molecule has 2 aromatic carbocycles. The van der Waals surface area contributed by atoms with E-state index in [0.717, 1.165) is 29.5 Å². The quantitative estimate of drug-likeness (QED) is 0.521. The van der Waals surface area contributed by atoms with Gasteiger partial charge in [-0.2, -0.15) is 18.3 Å². The third kappa shape index (κ3) is 4.34. The van der Waals surface area contributed by atoms with Crippen molar-refractivity contribution in [3.63, 3.8) is 0 Å². The number of ether oxygens (including phenoxy) is 1. The molecule has 5 rings (SSSR count). The van der Waals surface area contributed by atoms with Crippen LogP contribution in [0.15, 0.2) is 48.5 Å². The molecule has 0 atom stereocenters. The molecule has 1 N–H and O–H groups in total. The summed E-state index contributed by atoms with van der Waals surface area (Å²) in [7, 11) is 3.11. The molecule has 1 saturated carbocycles. The third-order valence-electron chi connectivity index (χ3n) is 7.48. The van der Waals surface area contributed by atoms with Crippen LogP contribution in [0.3, 0.4) is 0 Å². The molecule has 7 nitrogen and oxygen atoms in total. The van der Waals surface area contributed by atoms with E-state index in [1.807, 2.05) is 12.1 Å². The summed E-state index contributed by atoms with van der Waals surface area (Å²) < 4.78 is 47.7. The monoisotopic (exact) mass is 512 g/mol. The van der Waals surface area contributed by atoms with Crippen molar-refractivity contribution in [2.75, 3.05) is 25.6 Å². The molecule has 3 aromatic rings. The van der Waals surface area contributed by atoms with Gasteiger partial charge in [-0.1, -0.05) is 18.6 Å². The highest BCUT2D eigenvalue weighted by Gasteiger charge is 2.44. The molecule has 0 saturated heterocycles. The highest BCUT2D eigenvalue weighted by molar-refractivity contribution is 6.07. The number of fused-ring (bicyclic) bond motifs is 1. The van der Waals surface area contributed by atoms with Gasteiger partial charge >= 0.3 is 6.18 Å². The molecule has 1 aliphatic carbocycles. The maximum atomic E-state index is 13.8. The first-order valence-electron chi connectivity index (χ1n) is 12.1. The number of anilines is 1. The minimum atomic E-state index is -4.69. The van der Waals surface area contributed by atoms with Gasteiger partial charge in [0, 0.05) is 36.7 Å². The fourth-order valence-electron chi connectivity index (χ4n) is 5.31. The van der Waals surface area contributed by atoms with Crippen LogP contribution < -0.4 is 15.0 Å². The first-order chi connectivity index (χ1) is 17.7. The highest BCUT2D eigenvalue weighted by Crippen LogP contribution is 2.47. The first kappa shape index (κ1) is 24.9. The summed E-state index contributed by atoms with van der Waals surface area (Å²) in [5.74, 6) is -0.0270. The van der Waals surface area contributed by atoms with Gasteiger partial charge in [0.1, 0.15) is 11.4 Å². The summed E-state index contributed by atoms with van der Waals surface area (Å²) in [6.07, 6.45) is -1.40. The second-order valence-electron chi connectivity index (χ2n) is 9.52. The number of carbonyl (C=O) groups is 2. The Morgan fingerprint density at radius 2 is 1.73 bits per heavy atom. The standard InChI is InChI=1S/C27H27F3N4O3/c1-31-22(35)16-26(13-3-14-26)17-4-6-18(7-5-17)33-15-12-21-23(25(33)36)34(32-24(21)27(28,29)30)19-8-10-20(37-2)11-9-19/h4-11H,3,12-16H2,1-2H3,(H,31,35). The van der Waals surface area contributed by atoms with Crippen LogP contribution in [-0.4, -0.2) is 42.3 Å². The van der Waals surface area contributed by atoms with Crippen molar-refractivity contribution in [1.82, 2.24) is 15.1 Å². The van der Waals surface area contributed by atoms with Crippen molar-refractivity contribution >= 4 is 17.5 Å². The van der Waals surface area contributed by atoms with Crippen LogP contribution in [0.1, 0.15) is 53.0 Å². The summed E-state index contributed by atoms with van der Waals surface area (Å²) in [6.45, 7) is 0.103. The molecule has 0 spiro atoms. The van der Waals surface area contributed by atoms with Crippen LogP contribution in [0.5, 0.6) is 5.75 Å². The van der Waals surface area contributed by atoms with E-state index < -0.39 is 17.8 Å². The molecule has 2 heterocycles. The number of nitrogens with one attached hydrogen (secondary N) is 1. The van der Waals surface area contributed by atoms with Gasteiger partial charge in [0.05, 0.1) is 12.8 Å². The highest BCUT2D eigenvalue weighted by atomic mass is 19.4. The van der Waals surface area contributed by atoms with Crippen LogP contribution in [0.25, 0.3) is 5.69 Å². The third-order valence-corrected chi connectivity index (χ3v) is 7.48. The molecule has 1 fully saturated rings. The summed E-state index contributed by atoms with van der Waals surface area (Å²) in [6, 6.07) is 13.8. The number of rotatable bonds is 6. The number of aromatic nitrogens is 2. The number of amides is 2. The largest absolute Gasteiger partial charge is 0.497 e. The number of carbonyl (C=O) groups excluding carboxylic acids is 2. The molecule has 10 heteroatoms. The van der Waals surface area contributed by atoms with E-state index in [-0.39, 0.29) is 35.5 Å². The Bertz CT molecular complexity index is 1330. The number of nitrogens with zero attached hydrogens (tertiary/aromatic N) is 3. The number of alkyl halides is 3. The number of hydrogen-bond donors (Lipinski definition) is 1. The average Bonchev–Trinajstić information content (AvgIpc) is 3.28. The summed E-state index contributed by atoms with van der Waals surface area (Å²) in [4.78, 5) is 27.2. The van der Waals surface area contributed by atoms with Crippen LogP contribution >= 0.6 is 0 Å². The van der Waals surface area contributed by atoms with Gasteiger partial charge in [-0.05, 0) is 61.2 Å². The summed E-state index contributed by atoms with van der Waals surface area (Å²) in [5.41, 5.74) is 0.501. The topological polar surface area (TPSA) is 76.5 Å². The smallest absolute Gasteiger partial charge is 0.435 e. The molecular weight excluding hydrogens is 485 g/mol. The Morgan fingerprint density at radius 3 is 2.27 bits per heavy atom. The average molecular weight is 513 g/mol. The van der Waals surface area contributed by atoms with Crippen molar-refractivity contribution in [2.45, 2.75) is 43.7 Å². The lowest BCUT2D eigenvalue weighted by atomic mass is 9.62. The van der Waals surface area contributed by atoms with E-state index in [1.54, 1.807) is 43.4 Å². The van der Waals surface area contributed by atoms with Gasteiger partial charge in [0.2, 0.25) is 5.91 Å². The number of halogens is 3. The Hall–Kier alpha value is -3.82. The van der Waals surface area contributed by atoms with Gasteiger partial charge in [-0.15, -0.1) is 0 Å². The number of methoxy groups -OCH3 is 1. The van der Waals surface area contributed by atoms with Crippen molar-refractivity contribution in [2.24, 2.45) is 0 Å². The Labute approximate surface area is 212 Å². The number of hydrogen-bond acceptors (Lipinski definition) is 4. The maximum absolute atomic E-state index is 13.8. The Kier molecular flexibility index (Phi) is 6.21. The second-order valence-corrected chi connectivity index (χ2v) is 9.52. The molecule has 1 aromatic heterocycles. The van der Waals surface area contributed by atoms with E-state index in [2.05, 4.69) is 10.4 Å². The molecule has 2 aliphatic rings. The predicted octanol–water partition coefficient (Wildman–Crippen LogP) is 4.66. The van der Waals surface area contributed by atoms with E-state index in [0.29, 0.717) is 23.5 Å². The van der Waals surface area contributed by atoms with Crippen molar-refractivity contribution < 1.29 is 27.5 Å². The maximum Gasteiger partial charge on any atom is 0.435 e. The van der Waals surface area contributed by atoms with Crippen LogP contribution in [-0.2, 0) is 22.8 Å². The summed E-state index contributed by atoms with van der Waals surface area (Å²) in [5, 5.41) is 6.52. The Morgan fingerprint density at radius 1 is 1.08 bits per heavy atom. The lowest BCUT2D eigenvalue weighted by Crippen LogP contribution is -2.40. The van der Waals surface area contributed by atoms with Gasteiger partial charge in [0.25, 0.3) is 5.91 Å². The molecule has 0 bridgehead atoms. The molecule has 2 amide bonds. The lowest BCUT2D eigenvalue weighted by Gasteiger charge is -2.42. The zero-order valence-electron chi connectivity index (χ0n) is 20.6. The van der Waals surface area contributed by atoms with Crippen LogP contribution in [0, 0.1) is 0 Å². The molecular formula is C27H27F3N4O3. The lowest BCUT2D eigenvalue weighted by molar-refractivity contribution is -0.142. The minimum absolute atomic E-state index is 0.0187. The van der Waals surface area contributed by atoms with Crippen LogP contribution in [0.4, 0.5) is 18.9 Å². The fourth-order valence-corrected chi connectivity index (χ4v) is 5.31. The van der Waals surface area contributed by atoms with Crippen molar-refractivity contribution in [3.05, 3.63) is 71.0 Å². The second kappa shape index (κ2) is 9.24. The first-order valence-corrected chi connectivity index (χ1v) is 12.1. The van der Waals surface area contributed by atoms with Gasteiger partial charge < -0.3 is 15.0 Å². The molecule has 194 valence electrons. The normalized spacial score (nSPS) is 16.7. The van der Waals surface area contributed by atoms with Gasteiger partial charge in [0.15, 0.2) is 5.69 Å². The van der Waals surface area contributed by atoms with E-state index in [1.165, 1.54) is 12.0 Å². The van der Waals surface area contributed by atoms with Gasteiger partial charge in [-0.25, -0.2) is 4.68 Å². The summed E-state index contributed by atoms with van der Waals surface area (Å²) >= 11 is 0. The fraction of sp³-hybridized carbons (Fsp3) is 0.370.